The van der Waals surface area contributed by atoms with Crippen molar-refractivity contribution >= 4 is 32.7 Å². The van der Waals surface area contributed by atoms with Gasteiger partial charge in [0, 0.05) is 0 Å². The van der Waals surface area contributed by atoms with Crippen LogP contribution in [0.25, 0.3) is 22.8 Å². The van der Waals surface area contributed by atoms with Crippen molar-refractivity contribution in [1.82, 2.24) is 0 Å². The van der Waals surface area contributed by atoms with Crippen molar-refractivity contribution < 1.29 is 45.2 Å². The molecule has 0 radical (unpaired) electrons. The minimum Gasteiger partial charge on any atom is -1.00 e. The van der Waals surface area contributed by atoms with Gasteiger partial charge in [0.15, 0.2) is 0 Å². The van der Waals surface area contributed by atoms with Crippen molar-refractivity contribution in [2.45, 2.75) is 34.2 Å². The molecule has 0 saturated heterocycles. The predicted molar refractivity (Wildman–Crippen MR) is 151 cm³/mol. The van der Waals surface area contributed by atoms with Gasteiger partial charge in [-0.1, -0.05) is 0 Å². The third-order valence-corrected chi connectivity index (χ3v) is 31.3. The van der Waals surface area contributed by atoms with Gasteiger partial charge >= 0.3 is 215 Å². The second-order valence-corrected chi connectivity index (χ2v) is 31.5. The minimum absolute atomic E-state index is 0. The van der Waals surface area contributed by atoms with Crippen molar-refractivity contribution in [3.63, 3.8) is 0 Å². The largest absolute Gasteiger partial charge is 1.00 e. The maximum Gasteiger partial charge on any atom is -1.00 e. The molecule has 0 unspecified atom stereocenters. The summed E-state index contributed by atoms with van der Waals surface area (Å²) in [5.41, 5.74) is 9.36. The van der Waals surface area contributed by atoms with E-state index in [0.717, 1.165) is 0 Å². The molecule has 0 amide bonds. The van der Waals surface area contributed by atoms with Crippen LogP contribution in [0, 0.1) is 0 Å². The Morgan fingerprint density at radius 3 is 1.36 bits per heavy atom. The van der Waals surface area contributed by atoms with Gasteiger partial charge in [0.25, 0.3) is 0 Å². The van der Waals surface area contributed by atoms with Crippen molar-refractivity contribution in [2.24, 2.45) is 0 Å². The van der Waals surface area contributed by atoms with Crippen LogP contribution in [0.2, 0.25) is 13.1 Å². The molecule has 2 heterocycles. The molecule has 0 aliphatic heterocycles. The summed E-state index contributed by atoms with van der Waals surface area (Å²) < 4.78 is 1.43. The number of hydrogen-bond acceptors (Lipinski definition) is 0. The predicted octanol–water partition coefficient (Wildman–Crippen LogP) is 4.13. The molecule has 2 aromatic heterocycles. The molecule has 0 saturated carbocycles. The molecule has 0 fully saturated rings. The number of rotatable bonds is 4. The number of fused-ring (bicyclic) bond motifs is 2. The van der Waals surface area contributed by atoms with Crippen LogP contribution in [0.15, 0.2) is 95.0 Å². The third kappa shape index (κ3) is 4.73. The van der Waals surface area contributed by atoms with Gasteiger partial charge in [0.2, 0.25) is 0 Å². The molecule has 0 spiro atoms. The summed E-state index contributed by atoms with van der Waals surface area (Å²) >= 11 is -1.97. The Labute approximate surface area is 238 Å². The SMILES string of the molecule is CC1=Cc2c(cccc2-p2cccc2)[C@@H]1[Zr+2]([C@H]1C(C)=Cc2c1cccc2-p1cccc1)=[Si](C)C.[Cl-].[Cl-]. The van der Waals surface area contributed by atoms with E-state index in [4.69, 9.17) is 0 Å². The van der Waals surface area contributed by atoms with Crippen LogP contribution < -0.4 is 24.8 Å². The van der Waals surface area contributed by atoms with Gasteiger partial charge in [0.1, 0.15) is 0 Å². The molecule has 2 aromatic carbocycles. The van der Waals surface area contributed by atoms with Crippen LogP contribution in [0.3, 0.4) is 0 Å². The van der Waals surface area contributed by atoms with E-state index in [1.807, 2.05) is 0 Å². The maximum absolute atomic E-state index is 2.63. The summed E-state index contributed by atoms with van der Waals surface area (Å²) in [4.78, 5) is 0. The van der Waals surface area contributed by atoms with E-state index in [0.29, 0.717) is 7.25 Å². The summed E-state index contributed by atoms with van der Waals surface area (Å²) in [6.07, 6.45) is 5.15. The first kappa shape index (κ1) is 28.2. The van der Waals surface area contributed by atoms with Gasteiger partial charge in [-0.2, -0.15) is 0 Å². The fourth-order valence-electron chi connectivity index (χ4n) is 6.08. The molecule has 2 aliphatic rings. The van der Waals surface area contributed by atoms with E-state index < -0.39 is 20.4 Å². The molecular weight excluding hydrogens is 612 g/mol. The van der Waals surface area contributed by atoms with Crippen LogP contribution in [-0.4, -0.2) is 5.43 Å². The smallest absolute Gasteiger partial charge is 1.00 e. The minimum atomic E-state index is -1.97. The molecule has 6 heteroatoms. The van der Waals surface area contributed by atoms with Gasteiger partial charge in [0.05, 0.1) is 0 Å². The second kappa shape index (κ2) is 11.5. The molecule has 182 valence electrons. The van der Waals surface area contributed by atoms with E-state index in [9.17, 15) is 0 Å². The summed E-state index contributed by atoms with van der Waals surface area (Å²) in [7, 11) is -0.569. The van der Waals surface area contributed by atoms with Crippen LogP contribution in [0.5, 0.6) is 0 Å². The molecule has 0 nitrogen and oxygen atoms in total. The average Bonchev–Trinajstić information content (AvgIpc) is 3.61. The Bertz CT molecular complexity index is 1390. The number of allylic oxidation sites excluding steroid dienone is 2. The van der Waals surface area contributed by atoms with E-state index in [-0.39, 0.29) is 45.3 Å². The fraction of sp³-hybridized carbons (Fsp3) is 0.200. The van der Waals surface area contributed by atoms with E-state index >= 15 is 0 Å². The normalized spacial score (nSPS) is 17.1. The molecule has 0 N–H and O–H groups in total. The number of halogens is 2. The maximum atomic E-state index is 2.63. The van der Waals surface area contributed by atoms with Crippen LogP contribution >= 0.6 is 15.1 Å². The van der Waals surface area contributed by atoms with E-state index in [1.54, 1.807) is 44.0 Å². The van der Waals surface area contributed by atoms with Crippen molar-refractivity contribution in [3.8, 4) is 10.6 Å². The van der Waals surface area contributed by atoms with Gasteiger partial charge in [-0.05, 0) is 0 Å². The Kier molecular flexibility index (Phi) is 9.00. The summed E-state index contributed by atoms with van der Waals surface area (Å²) in [5.74, 6) is 9.63. The second-order valence-electron chi connectivity index (χ2n) is 9.84. The van der Waals surface area contributed by atoms with Crippen molar-refractivity contribution in [2.75, 3.05) is 0 Å². The Hall–Kier alpha value is -0.840. The van der Waals surface area contributed by atoms with E-state index in [2.05, 4.69) is 123 Å². The van der Waals surface area contributed by atoms with Gasteiger partial charge < -0.3 is 24.8 Å². The van der Waals surface area contributed by atoms with Gasteiger partial charge in [-0.3, -0.25) is 0 Å². The Balaban J connectivity index is 0.00000152. The Morgan fingerprint density at radius 2 is 1.00 bits per heavy atom. The first-order valence-corrected chi connectivity index (χ1v) is 24.1. The number of benzene rings is 2. The average molecular weight is 643 g/mol. The zero-order chi connectivity index (χ0) is 23.4. The molecule has 2 aliphatic carbocycles. The first-order chi connectivity index (χ1) is 16.5. The quantitative estimate of drug-likeness (QED) is 0.294. The molecule has 6 rings (SSSR count). The first-order valence-electron chi connectivity index (χ1n) is 12.1. The third-order valence-electron chi connectivity index (χ3n) is 7.47. The topological polar surface area (TPSA) is 0 Å². The summed E-state index contributed by atoms with van der Waals surface area (Å²) in [6.45, 7) is 10.1. The molecule has 36 heavy (non-hydrogen) atoms. The zero-order valence-corrected chi connectivity index (χ0v) is 27.8. The molecular formula is C30H30Cl2P2SiZr. The Morgan fingerprint density at radius 1 is 0.611 bits per heavy atom. The van der Waals surface area contributed by atoms with Gasteiger partial charge in [-0.25, -0.2) is 0 Å². The van der Waals surface area contributed by atoms with Crippen molar-refractivity contribution in [1.29, 1.82) is 0 Å². The van der Waals surface area contributed by atoms with Crippen LogP contribution in [0.1, 0.15) is 43.4 Å². The fourth-order valence-corrected chi connectivity index (χ4v) is 30.3. The summed E-state index contributed by atoms with van der Waals surface area (Å²) in [5, 5.41) is 3.12. The molecule has 0 bridgehead atoms. The summed E-state index contributed by atoms with van der Waals surface area (Å²) in [6, 6.07) is 23.3. The van der Waals surface area contributed by atoms with Crippen molar-refractivity contribution in [3.05, 3.63) is 117 Å². The van der Waals surface area contributed by atoms with E-state index in [1.165, 1.54) is 0 Å². The van der Waals surface area contributed by atoms with Crippen LogP contribution in [-0.2, 0) is 20.4 Å². The molecule has 4 aromatic rings. The van der Waals surface area contributed by atoms with Gasteiger partial charge in [-0.15, -0.1) is 0 Å². The standard InChI is InChI=1S/2C14H12P.C2H6Si.2ClH.Zr/c2*1-11-9-12-5-4-6-14(13(12)10-11)15-7-2-3-8-15;1-3-2;;;/h2*2-10H,1H3;1-2H3;2*1H;/q;;;;;+2/p-2. The zero-order valence-electron chi connectivity index (χ0n) is 21.0. The molecule has 2 atom stereocenters. The number of hydrogen-bond donors (Lipinski definition) is 0. The van der Waals surface area contributed by atoms with Crippen LogP contribution in [0.4, 0.5) is 0 Å². The monoisotopic (exact) mass is 640 g/mol.